The highest BCUT2D eigenvalue weighted by molar-refractivity contribution is 5.28. The maximum atomic E-state index is 10.3. The molecule has 1 aromatic rings. The number of methoxy groups -OCH3 is 1. The van der Waals surface area contributed by atoms with Gasteiger partial charge in [-0.25, -0.2) is 0 Å². The molecule has 0 bridgehead atoms. The van der Waals surface area contributed by atoms with Crippen LogP contribution < -0.4 is 10.1 Å². The third kappa shape index (κ3) is 3.24. The Morgan fingerprint density at radius 1 is 1.28 bits per heavy atom. The lowest BCUT2D eigenvalue weighted by atomic mass is 10.0. The molecule has 1 aliphatic rings. The number of aliphatic hydroxyl groups is 1. The van der Waals surface area contributed by atoms with Crippen molar-refractivity contribution in [3.8, 4) is 5.75 Å². The van der Waals surface area contributed by atoms with Gasteiger partial charge in [-0.3, -0.25) is 0 Å². The summed E-state index contributed by atoms with van der Waals surface area (Å²) in [6, 6.07) is 8.32. The highest BCUT2D eigenvalue weighted by Crippen LogP contribution is 2.29. The first-order chi connectivity index (χ1) is 8.63. The zero-order chi connectivity index (χ0) is 13.0. The van der Waals surface area contributed by atoms with Gasteiger partial charge in [0.2, 0.25) is 0 Å². The molecule has 3 nitrogen and oxygen atoms in total. The Hall–Kier alpha value is -1.06. The van der Waals surface area contributed by atoms with E-state index in [1.807, 2.05) is 12.1 Å². The molecule has 1 aliphatic carbocycles. The Balaban J connectivity index is 1.88. The van der Waals surface area contributed by atoms with E-state index in [0.717, 1.165) is 31.4 Å². The predicted octanol–water partition coefficient (Wildman–Crippen LogP) is 2.65. The van der Waals surface area contributed by atoms with Crippen molar-refractivity contribution in [2.75, 3.05) is 13.7 Å². The lowest BCUT2D eigenvalue weighted by Gasteiger charge is -2.25. The van der Waals surface area contributed by atoms with Crippen molar-refractivity contribution in [1.82, 2.24) is 5.32 Å². The fourth-order valence-electron chi connectivity index (χ4n) is 2.56. The van der Waals surface area contributed by atoms with E-state index in [0.29, 0.717) is 6.54 Å². The van der Waals surface area contributed by atoms with Crippen molar-refractivity contribution in [1.29, 1.82) is 0 Å². The number of benzene rings is 1. The first-order valence-electron chi connectivity index (χ1n) is 6.73. The number of ether oxygens (including phenoxy) is 1. The fourth-order valence-corrected chi connectivity index (χ4v) is 2.56. The van der Waals surface area contributed by atoms with Crippen LogP contribution in [0.15, 0.2) is 24.3 Å². The Kier molecular flexibility index (Phi) is 4.25. The van der Waals surface area contributed by atoms with Gasteiger partial charge in [-0.15, -0.1) is 0 Å². The molecule has 0 radical (unpaired) electrons. The highest BCUT2D eigenvalue weighted by atomic mass is 16.5. The van der Waals surface area contributed by atoms with Gasteiger partial charge in [0.25, 0.3) is 0 Å². The normalized spacial score (nSPS) is 19.7. The van der Waals surface area contributed by atoms with E-state index in [1.165, 1.54) is 5.56 Å². The van der Waals surface area contributed by atoms with E-state index in [2.05, 4.69) is 24.4 Å². The van der Waals surface area contributed by atoms with Gasteiger partial charge < -0.3 is 15.2 Å². The van der Waals surface area contributed by atoms with Crippen LogP contribution in [-0.2, 0) is 0 Å². The molecule has 100 valence electrons. The van der Waals surface area contributed by atoms with Crippen LogP contribution in [0.3, 0.4) is 0 Å². The molecule has 1 saturated carbocycles. The van der Waals surface area contributed by atoms with Crippen LogP contribution in [0.25, 0.3) is 0 Å². The lowest BCUT2D eigenvalue weighted by molar-refractivity contribution is 0.0453. The van der Waals surface area contributed by atoms with Gasteiger partial charge in [0.15, 0.2) is 0 Å². The first-order valence-corrected chi connectivity index (χ1v) is 6.73. The Labute approximate surface area is 109 Å². The van der Waals surface area contributed by atoms with Crippen LogP contribution >= 0.6 is 0 Å². The second-order valence-electron chi connectivity index (χ2n) is 5.31. The molecule has 1 atom stereocenters. The molecule has 2 N–H and O–H groups in total. The molecule has 0 saturated heterocycles. The van der Waals surface area contributed by atoms with Crippen molar-refractivity contribution in [3.63, 3.8) is 0 Å². The van der Waals surface area contributed by atoms with Crippen molar-refractivity contribution < 1.29 is 9.84 Å². The molecule has 2 rings (SSSR count). The molecule has 0 aromatic heterocycles. The van der Waals surface area contributed by atoms with E-state index >= 15 is 0 Å². The minimum atomic E-state index is -0.485. The Morgan fingerprint density at radius 2 is 1.89 bits per heavy atom. The summed E-state index contributed by atoms with van der Waals surface area (Å²) in [5.74, 6) is 0.875. The predicted molar refractivity (Wildman–Crippen MR) is 72.8 cm³/mol. The van der Waals surface area contributed by atoms with Gasteiger partial charge in [-0.05, 0) is 37.5 Å². The Bertz CT molecular complexity index is 369. The van der Waals surface area contributed by atoms with Gasteiger partial charge in [0, 0.05) is 12.6 Å². The summed E-state index contributed by atoms with van der Waals surface area (Å²) in [5, 5.41) is 13.7. The van der Waals surface area contributed by atoms with Gasteiger partial charge in [-0.1, -0.05) is 25.0 Å². The summed E-state index contributed by atoms with van der Waals surface area (Å²) < 4.78 is 5.15. The molecule has 0 heterocycles. The molecule has 0 spiro atoms. The van der Waals surface area contributed by atoms with Crippen molar-refractivity contribution in [2.24, 2.45) is 0 Å². The van der Waals surface area contributed by atoms with E-state index in [9.17, 15) is 5.11 Å². The summed E-state index contributed by atoms with van der Waals surface area (Å²) >= 11 is 0. The smallest absolute Gasteiger partial charge is 0.118 e. The van der Waals surface area contributed by atoms with E-state index in [1.54, 1.807) is 7.11 Å². The van der Waals surface area contributed by atoms with E-state index < -0.39 is 5.60 Å². The third-order valence-electron chi connectivity index (χ3n) is 3.89. The van der Waals surface area contributed by atoms with Gasteiger partial charge in [-0.2, -0.15) is 0 Å². The van der Waals surface area contributed by atoms with Crippen molar-refractivity contribution >= 4 is 0 Å². The van der Waals surface area contributed by atoms with Crippen LogP contribution in [0.5, 0.6) is 5.75 Å². The van der Waals surface area contributed by atoms with Crippen LogP contribution in [0, 0.1) is 0 Å². The molecular weight excluding hydrogens is 226 g/mol. The zero-order valence-electron chi connectivity index (χ0n) is 11.3. The SMILES string of the molecule is COc1ccc(C(C)NCC2(O)CCCC2)cc1. The number of hydrogen-bond donors (Lipinski definition) is 2. The average Bonchev–Trinajstić information content (AvgIpc) is 2.83. The molecule has 0 amide bonds. The second-order valence-corrected chi connectivity index (χ2v) is 5.31. The van der Waals surface area contributed by atoms with E-state index in [4.69, 9.17) is 4.74 Å². The van der Waals surface area contributed by atoms with Gasteiger partial charge in [0.05, 0.1) is 12.7 Å². The fraction of sp³-hybridized carbons (Fsp3) is 0.600. The molecule has 3 heteroatoms. The molecule has 1 fully saturated rings. The third-order valence-corrected chi connectivity index (χ3v) is 3.89. The first kappa shape index (κ1) is 13.4. The molecule has 0 aliphatic heterocycles. The van der Waals surface area contributed by atoms with Crippen molar-refractivity contribution in [3.05, 3.63) is 29.8 Å². The van der Waals surface area contributed by atoms with Crippen LogP contribution in [0.4, 0.5) is 0 Å². The van der Waals surface area contributed by atoms with Crippen LogP contribution in [0.2, 0.25) is 0 Å². The summed E-state index contributed by atoms with van der Waals surface area (Å²) in [6.45, 7) is 2.81. The summed E-state index contributed by atoms with van der Waals surface area (Å²) in [4.78, 5) is 0. The monoisotopic (exact) mass is 249 g/mol. The number of hydrogen-bond acceptors (Lipinski definition) is 3. The molecular formula is C15H23NO2. The van der Waals surface area contributed by atoms with Gasteiger partial charge in [0.1, 0.15) is 5.75 Å². The second kappa shape index (κ2) is 5.72. The van der Waals surface area contributed by atoms with Crippen LogP contribution in [0.1, 0.15) is 44.2 Å². The minimum Gasteiger partial charge on any atom is -0.497 e. The standard InChI is InChI=1S/C15H23NO2/c1-12(13-5-7-14(18-2)8-6-13)16-11-15(17)9-3-4-10-15/h5-8,12,16-17H,3-4,9-11H2,1-2H3. The average molecular weight is 249 g/mol. The Morgan fingerprint density at radius 3 is 2.44 bits per heavy atom. The van der Waals surface area contributed by atoms with Crippen LogP contribution in [-0.4, -0.2) is 24.4 Å². The maximum absolute atomic E-state index is 10.3. The van der Waals surface area contributed by atoms with E-state index in [-0.39, 0.29) is 6.04 Å². The largest absolute Gasteiger partial charge is 0.497 e. The summed E-state index contributed by atoms with van der Waals surface area (Å²) in [5.41, 5.74) is 0.734. The molecule has 18 heavy (non-hydrogen) atoms. The summed E-state index contributed by atoms with van der Waals surface area (Å²) in [6.07, 6.45) is 4.15. The summed E-state index contributed by atoms with van der Waals surface area (Å²) in [7, 11) is 1.67. The minimum absolute atomic E-state index is 0.250. The maximum Gasteiger partial charge on any atom is 0.118 e. The molecule has 1 unspecified atom stereocenters. The highest BCUT2D eigenvalue weighted by Gasteiger charge is 2.30. The van der Waals surface area contributed by atoms with Crippen molar-refractivity contribution in [2.45, 2.75) is 44.2 Å². The topological polar surface area (TPSA) is 41.5 Å². The molecule has 1 aromatic carbocycles. The number of nitrogens with one attached hydrogen (secondary N) is 1. The van der Waals surface area contributed by atoms with Gasteiger partial charge >= 0.3 is 0 Å². The zero-order valence-corrected chi connectivity index (χ0v) is 11.3. The lowest BCUT2D eigenvalue weighted by Crippen LogP contribution is -2.39. The number of rotatable bonds is 5. The quantitative estimate of drug-likeness (QED) is 0.843.